The van der Waals surface area contributed by atoms with Crippen LogP contribution in [0.1, 0.15) is 12.6 Å². The van der Waals surface area contributed by atoms with E-state index in [0.29, 0.717) is 11.7 Å². The van der Waals surface area contributed by atoms with Crippen LogP contribution in [-0.2, 0) is 4.74 Å². The molecule has 0 aliphatic heterocycles. The number of ether oxygens (including phenoxy) is 1. The highest BCUT2D eigenvalue weighted by Crippen LogP contribution is 2.31. The molecule has 7 heteroatoms. The number of rotatable bonds is 3. The third-order valence-electron chi connectivity index (χ3n) is 1.38. The van der Waals surface area contributed by atoms with Gasteiger partial charge in [0.05, 0.1) is 16.5 Å². The normalized spacial score (nSPS) is 9.40. The molecule has 0 bridgehead atoms. The van der Waals surface area contributed by atoms with Gasteiger partial charge in [0.15, 0.2) is 5.13 Å². The number of carbonyl (C=O) groups excluding carboxylic acids is 1. The molecule has 1 aromatic heterocycles. The molecule has 1 rings (SSSR count). The highest BCUT2D eigenvalue weighted by molar-refractivity contribution is 8.05. The average Bonchev–Trinajstić information content (AvgIpc) is 2.48. The predicted molar refractivity (Wildman–Crippen MR) is 59.0 cm³/mol. The molecular formula is C8H9N3O2S2. The second kappa shape index (κ2) is 5.58. The van der Waals surface area contributed by atoms with Crippen molar-refractivity contribution in [1.82, 2.24) is 4.98 Å². The van der Waals surface area contributed by atoms with Crippen LogP contribution < -0.4 is 5.32 Å². The lowest BCUT2D eigenvalue weighted by Gasteiger charge is -1.99. The quantitative estimate of drug-likeness (QED) is 0.652. The van der Waals surface area contributed by atoms with Crippen LogP contribution in [0.5, 0.6) is 0 Å². The first-order chi connectivity index (χ1) is 7.17. The smallest absolute Gasteiger partial charge is 0.413 e. The zero-order valence-corrected chi connectivity index (χ0v) is 9.87. The van der Waals surface area contributed by atoms with E-state index in [9.17, 15) is 4.79 Å². The van der Waals surface area contributed by atoms with Crippen molar-refractivity contribution >= 4 is 34.3 Å². The Morgan fingerprint density at radius 1 is 1.80 bits per heavy atom. The SMILES string of the molecule is CCOC(=O)Nc1nc(C)c(SC#N)s1. The number of nitrogens with zero attached hydrogens (tertiary/aromatic N) is 2. The Morgan fingerprint density at radius 3 is 3.13 bits per heavy atom. The third kappa shape index (κ3) is 3.42. The molecule has 1 aromatic rings. The van der Waals surface area contributed by atoms with Gasteiger partial charge in [-0.2, -0.15) is 5.26 Å². The summed E-state index contributed by atoms with van der Waals surface area (Å²) in [6, 6.07) is 0. The Kier molecular flexibility index (Phi) is 4.39. The Labute approximate surface area is 95.5 Å². The number of nitriles is 1. The molecule has 0 aliphatic carbocycles. The average molecular weight is 243 g/mol. The van der Waals surface area contributed by atoms with Crippen molar-refractivity contribution < 1.29 is 9.53 Å². The summed E-state index contributed by atoms with van der Waals surface area (Å²) in [5.41, 5.74) is 0.735. The molecule has 1 N–H and O–H groups in total. The van der Waals surface area contributed by atoms with Gasteiger partial charge >= 0.3 is 6.09 Å². The summed E-state index contributed by atoms with van der Waals surface area (Å²) in [4.78, 5) is 15.1. The van der Waals surface area contributed by atoms with Gasteiger partial charge in [0.2, 0.25) is 0 Å². The Hall–Kier alpha value is -1.26. The van der Waals surface area contributed by atoms with Gasteiger partial charge in [-0.05, 0) is 13.8 Å². The van der Waals surface area contributed by atoms with Crippen molar-refractivity contribution in [3.8, 4) is 5.40 Å². The van der Waals surface area contributed by atoms with Crippen LogP contribution in [0.2, 0.25) is 0 Å². The van der Waals surface area contributed by atoms with Gasteiger partial charge in [-0.3, -0.25) is 5.32 Å². The van der Waals surface area contributed by atoms with Crippen LogP contribution in [0.3, 0.4) is 0 Å². The van der Waals surface area contributed by atoms with Crippen LogP contribution in [0.25, 0.3) is 0 Å². The Morgan fingerprint density at radius 2 is 2.53 bits per heavy atom. The largest absolute Gasteiger partial charge is 0.450 e. The standard InChI is InChI=1S/C8H9N3O2S2/c1-3-13-8(12)11-7-10-5(2)6(15-7)14-4-9/h3H2,1-2H3,(H,10,11,12). The summed E-state index contributed by atoms with van der Waals surface area (Å²) in [7, 11) is 0. The molecule has 0 saturated carbocycles. The van der Waals surface area contributed by atoms with Crippen LogP contribution in [0.4, 0.5) is 9.93 Å². The molecule has 0 spiro atoms. The predicted octanol–water partition coefficient (Wildman–Crippen LogP) is 2.59. The minimum Gasteiger partial charge on any atom is -0.450 e. The molecule has 0 aliphatic rings. The van der Waals surface area contributed by atoms with Gasteiger partial charge in [-0.1, -0.05) is 11.3 Å². The van der Waals surface area contributed by atoms with Crippen LogP contribution in [0, 0.1) is 17.6 Å². The number of carbonyl (C=O) groups is 1. The molecule has 1 amide bonds. The van der Waals surface area contributed by atoms with E-state index in [1.165, 1.54) is 11.3 Å². The van der Waals surface area contributed by atoms with Crippen LogP contribution in [-0.4, -0.2) is 17.7 Å². The van der Waals surface area contributed by atoms with E-state index < -0.39 is 6.09 Å². The molecule has 0 saturated heterocycles. The second-order valence-corrected chi connectivity index (χ2v) is 4.48. The molecule has 0 fully saturated rings. The highest BCUT2D eigenvalue weighted by Gasteiger charge is 2.10. The van der Waals surface area contributed by atoms with Crippen molar-refractivity contribution in [2.24, 2.45) is 0 Å². The first-order valence-electron chi connectivity index (χ1n) is 4.14. The first-order valence-corrected chi connectivity index (χ1v) is 5.77. The Balaban J connectivity index is 2.67. The molecular weight excluding hydrogens is 234 g/mol. The number of thiocyanates is 1. The van der Waals surface area contributed by atoms with E-state index in [0.717, 1.165) is 21.7 Å². The lowest BCUT2D eigenvalue weighted by Crippen LogP contribution is -2.12. The van der Waals surface area contributed by atoms with Gasteiger partial charge < -0.3 is 4.74 Å². The van der Waals surface area contributed by atoms with Crippen LogP contribution in [0.15, 0.2) is 4.21 Å². The number of thioether (sulfide) groups is 1. The Bertz CT molecular complexity index is 397. The summed E-state index contributed by atoms with van der Waals surface area (Å²) >= 11 is 2.29. The molecule has 5 nitrogen and oxygen atoms in total. The number of aromatic nitrogens is 1. The molecule has 0 atom stereocenters. The topological polar surface area (TPSA) is 75.0 Å². The minimum atomic E-state index is -0.528. The van der Waals surface area contributed by atoms with Gasteiger partial charge in [0.25, 0.3) is 0 Å². The van der Waals surface area contributed by atoms with Crippen molar-refractivity contribution in [3.63, 3.8) is 0 Å². The highest BCUT2D eigenvalue weighted by atomic mass is 32.2. The molecule has 80 valence electrons. The van der Waals surface area contributed by atoms with E-state index in [1.807, 2.05) is 5.40 Å². The van der Waals surface area contributed by atoms with E-state index in [1.54, 1.807) is 13.8 Å². The zero-order valence-electron chi connectivity index (χ0n) is 8.23. The summed E-state index contributed by atoms with van der Waals surface area (Å²) in [5, 5.41) is 13.4. The fourth-order valence-corrected chi connectivity index (χ4v) is 2.30. The second-order valence-electron chi connectivity index (χ2n) is 2.43. The van der Waals surface area contributed by atoms with E-state index in [2.05, 4.69) is 10.3 Å². The van der Waals surface area contributed by atoms with Gasteiger partial charge in [-0.15, -0.1) is 0 Å². The zero-order chi connectivity index (χ0) is 11.3. The summed E-state index contributed by atoms with van der Waals surface area (Å²) in [6.07, 6.45) is -0.528. The lowest BCUT2D eigenvalue weighted by molar-refractivity contribution is 0.168. The third-order valence-corrected chi connectivity index (χ3v) is 3.32. The van der Waals surface area contributed by atoms with Gasteiger partial charge in [-0.25, -0.2) is 9.78 Å². The molecule has 15 heavy (non-hydrogen) atoms. The maximum Gasteiger partial charge on any atom is 0.413 e. The summed E-state index contributed by atoms with van der Waals surface area (Å²) in [6.45, 7) is 3.83. The van der Waals surface area contributed by atoms with Crippen molar-refractivity contribution in [1.29, 1.82) is 5.26 Å². The maximum atomic E-state index is 11.1. The lowest BCUT2D eigenvalue weighted by atomic mass is 10.6. The van der Waals surface area contributed by atoms with Crippen molar-refractivity contribution in [3.05, 3.63) is 5.69 Å². The maximum absolute atomic E-state index is 11.1. The monoisotopic (exact) mass is 243 g/mol. The summed E-state index contributed by atoms with van der Waals surface area (Å²) in [5.74, 6) is 0. The number of nitrogens with one attached hydrogen (secondary N) is 1. The van der Waals surface area contributed by atoms with E-state index in [-0.39, 0.29) is 0 Å². The number of aryl methyl sites for hydroxylation is 1. The van der Waals surface area contributed by atoms with E-state index in [4.69, 9.17) is 10.00 Å². The molecule has 0 unspecified atom stereocenters. The fourth-order valence-electron chi connectivity index (χ4n) is 0.827. The van der Waals surface area contributed by atoms with Gasteiger partial charge in [0, 0.05) is 11.8 Å². The van der Waals surface area contributed by atoms with Crippen molar-refractivity contribution in [2.45, 2.75) is 18.1 Å². The first kappa shape index (κ1) is 11.8. The summed E-state index contributed by atoms with van der Waals surface area (Å²) < 4.78 is 5.48. The number of amides is 1. The fraction of sp³-hybridized carbons (Fsp3) is 0.375. The number of hydrogen-bond donors (Lipinski definition) is 1. The molecule has 1 heterocycles. The molecule has 0 aromatic carbocycles. The molecule has 0 radical (unpaired) electrons. The van der Waals surface area contributed by atoms with Crippen molar-refractivity contribution in [2.75, 3.05) is 11.9 Å². The minimum absolute atomic E-state index is 0.315. The van der Waals surface area contributed by atoms with E-state index >= 15 is 0 Å². The number of hydrogen-bond acceptors (Lipinski definition) is 6. The van der Waals surface area contributed by atoms with Gasteiger partial charge in [0.1, 0.15) is 5.40 Å². The number of thiazole rings is 1. The number of anilines is 1. The van der Waals surface area contributed by atoms with Crippen LogP contribution >= 0.6 is 23.1 Å².